The molecule has 0 aromatic carbocycles. The molecule has 1 N–H and O–H groups in total. The number of hydrogen-bond donors (Lipinski definition) is 1. The number of piperidine rings is 1. The summed E-state index contributed by atoms with van der Waals surface area (Å²) >= 11 is 0. The number of likely N-dealkylation sites (N-methyl/N-ethyl adjacent to an activating group) is 1. The van der Waals surface area contributed by atoms with E-state index in [9.17, 15) is 0 Å². The fraction of sp³-hybridized carbons (Fsp3) is 0.667. The highest BCUT2D eigenvalue weighted by Crippen LogP contribution is 2.18. The van der Waals surface area contributed by atoms with E-state index in [2.05, 4.69) is 40.3 Å². The van der Waals surface area contributed by atoms with Crippen LogP contribution in [0, 0.1) is 6.92 Å². The second kappa shape index (κ2) is 5.25. The van der Waals surface area contributed by atoms with Crippen molar-refractivity contribution in [2.24, 2.45) is 0 Å². The molecule has 2 heterocycles. The molecule has 1 aromatic rings. The molecule has 1 saturated heterocycles. The number of hydrogen-bond acceptors (Lipinski definition) is 4. The third kappa shape index (κ3) is 2.50. The lowest BCUT2D eigenvalue weighted by Crippen LogP contribution is -2.46. The molecule has 4 nitrogen and oxygen atoms in total. The summed E-state index contributed by atoms with van der Waals surface area (Å²) in [6.07, 6.45) is 4.30. The largest absolute Gasteiger partial charge is 0.351 e. The molecule has 0 amide bonds. The fourth-order valence-electron chi connectivity index (χ4n) is 2.30. The van der Waals surface area contributed by atoms with Crippen LogP contribution in [0.4, 0.5) is 5.82 Å². The summed E-state index contributed by atoms with van der Waals surface area (Å²) < 4.78 is 0. The molecule has 1 atom stereocenters. The van der Waals surface area contributed by atoms with Crippen LogP contribution < -0.4 is 10.2 Å². The summed E-state index contributed by atoms with van der Waals surface area (Å²) in [7, 11) is 0. The Hall–Kier alpha value is -1.16. The van der Waals surface area contributed by atoms with Gasteiger partial charge in [0.1, 0.15) is 0 Å². The highest BCUT2D eigenvalue weighted by molar-refractivity contribution is 5.40. The SMILES string of the molecule is CCN(c1cc(C)cnn1)C1CCCNC1. The zero-order valence-corrected chi connectivity index (χ0v) is 10.1. The topological polar surface area (TPSA) is 41.1 Å². The third-order valence-electron chi connectivity index (χ3n) is 3.12. The van der Waals surface area contributed by atoms with Gasteiger partial charge in [0.2, 0.25) is 0 Å². The van der Waals surface area contributed by atoms with Gasteiger partial charge in [-0.05, 0) is 44.9 Å². The van der Waals surface area contributed by atoms with Gasteiger partial charge in [0.15, 0.2) is 5.82 Å². The van der Waals surface area contributed by atoms with E-state index in [-0.39, 0.29) is 0 Å². The smallest absolute Gasteiger partial charge is 0.151 e. The molecular weight excluding hydrogens is 200 g/mol. The molecule has 0 radical (unpaired) electrons. The Labute approximate surface area is 97.1 Å². The Morgan fingerprint density at radius 1 is 1.56 bits per heavy atom. The van der Waals surface area contributed by atoms with Crippen LogP contribution in [0.5, 0.6) is 0 Å². The first-order chi connectivity index (χ1) is 7.81. The van der Waals surface area contributed by atoms with Crippen LogP contribution in [0.3, 0.4) is 0 Å². The molecule has 0 saturated carbocycles. The van der Waals surface area contributed by atoms with Crippen molar-refractivity contribution in [3.8, 4) is 0 Å². The normalized spacial score (nSPS) is 20.8. The molecule has 1 aliphatic rings. The lowest BCUT2D eigenvalue weighted by molar-refractivity contribution is 0.432. The van der Waals surface area contributed by atoms with Gasteiger partial charge in [0, 0.05) is 19.1 Å². The highest BCUT2D eigenvalue weighted by atomic mass is 15.3. The van der Waals surface area contributed by atoms with Gasteiger partial charge in [-0.15, -0.1) is 5.10 Å². The summed E-state index contributed by atoms with van der Waals surface area (Å²) in [6, 6.07) is 2.68. The van der Waals surface area contributed by atoms with Crippen LogP contribution in [0.25, 0.3) is 0 Å². The predicted molar refractivity (Wildman–Crippen MR) is 65.7 cm³/mol. The van der Waals surface area contributed by atoms with Crippen LogP contribution in [-0.4, -0.2) is 35.9 Å². The van der Waals surface area contributed by atoms with Crippen molar-refractivity contribution in [1.82, 2.24) is 15.5 Å². The minimum absolute atomic E-state index is 0.565. The van der Waals surface area contributed by atoms with E-state index in [4.69, 9.17) is 0 Å². The monoisotopic (exact) mass is 220 g/mol. The van der Waals surface area contributed by atoms with E-state index in [1.807, 2.05) is 0 Å². The Kier molecular flexibility index (Phi) is 3.72. The summed E-state index contributed by atoms with van der Waals surface area (Å²) in [5.41, 5.74) is 1.17. The van der Waals surface area contributed by atoms with E-state index in [0.717, 1.165) is 25.5 Å². The van der Waals surface area contributed by atoms with Crippen molar-refractivity contribution in [2.75, 3.05) is 24.5 Å². The van der Waals surface area contributed by atoms with Gasteiger partial charge in [-0.1, -0.05) is 0 Å². The Morgan fingerprint density at radius 2 is 2.44 bits per heavy atom. The first-order valence-corrected chi connectivity index (χ1v) is 6.08. The van der Waals surface area contributed by atoms with Gasteiger partial charge in [0.25, 0.3) is 0 Å². The second-order valence-corrected chi connectivity index (χ2v) is 4.38. The Bertz CT molecular complexity index is 334. The second-order valence-electron chi connectivity index (χ2n) is 4.38. The molecule has 0 spiro atoms. The van der Waals surface area contributed by atoms with E-state index in [1.165, 1.54) is 18.4 Å². The number of nitrogens with zero attached hydrogens (tertiary/aromatic N) is 3. The lowest BCUT2D eigenvalue weighted by atomic mass is 10.1. The van der Waals surface area contributed by atoms with Crippen molar-refractivity contribution < 1.29 is 0 Å². The molecule has 0 bridgehead atoms. The van der Waals surface area contributed by atoms with E-state index < -0.39 is 0 Å². The van der Waals surface area contributed by atoms with E-state index in [0.29, 0.717) is 6.04 Å². The molecule has 1 aromatic heterocycles. The molecule has 16 heavy (non-hydrogen) atoms. The first-order valence-electron chi connectivity index (χ1n) is 6.08. The summed E-state index contributed by atoms with van der Waals surface area (Å²) in [5.74, 6) is 1.01. The molecular formula is C12H20N4. The van der Waals surface area contributed by atoms with Crippen LogP contribution in [0.2, 0.25) is 0 Å². The van der Waals surface area contributed by atoms with Gasteiger partial charge in [-0.25, -0.2) is 0 Å². The van der Waals surface area contributed by atoms with Crippen LogP contribution in [-0.2, 0) is 0 Å². The third-order valence-corrected chi connectivity index (χ3v) is 3.12. The number of aromatic nitrogens is 2. The molecule has 4 heteroatoms. The molecule has 1 aliphatic heterocycles. The van der Waals surface area contributed by atoms with E-state index >= 15 is 0 Å². The quantitative estimate of drug-likeness (QED) is 0.835. The lowest BCUT2D eigenvalue weighted by Gasteiger charge is -2.34. The molecule has 88 valence electrons. The van der Waals surface area contributed by atoms with Gasteiger partial charge < -0.3 is 10.2 Å². The average molecular weight is 220 g/mol. The number of rotatable bonds is 3. The average Bonchev–Trinajstić information content (AvgIpc) is 2.31. The maximum absolute atomic E-state index is 4.23. The van der Waals surface area contributed by atoms with Gasteiger partial charge >= 0.3 is 0 Å². The fourth-order valence-corrected chi connectivity index (χ4v) is 2.30. The van der Waals surface area contributed by atoms with Crippen molar-refractivity contribution >= 4 is 5.82 Å². The Morgan fingerprint density at radius 3 is 3.06 bits per heavy atom. The van der Waals surface area contributed by atoms with Crippen molar-refractivity contribution in [1.29, 1.82) is 0 Å². The van der Waals surface area contributed by atoms with E-state index in [1.54, 1.807) is 6.20 Å². The molecule has 0 aliphatic carbocycles. The van der Waals surface area contributed by atoms with Gasteiger partial charge in [-0.3, -0.25) is 0 Å². The van der Waals surface area contributed by atoms with Crippen molar-refractivity contribution in [3.63, 3.8) is 0 Å². The van der Waals surface area contributed by atoms with Gasteiger partial charge in [0.05, 0.1) is 6.20 Å². The highest BCUT2D eigenvalue weighted by Gasteiger charge is 2.20. The predicted octanol–water partition coefficient (Wildman–Crippen LogP) is 1.36. The van der Waals surface area contributed by atoms with Gasteiger partial charge in [-0.2, -0.15) is 5.10 Å². The van der Waals surface area contributed by atoms with Crippen LogP contribution in [0.15, 0.2) is 12.3 Å². The Balaban J connectivity index is 2.14. The summed E-state index contributed by atoms with van der Waals surface area (Å²) in [6.45, 7) is 7.44. The standard InChI is InChI=1S/C12H20N4/c1-3-16(11-5-4-6-13-9-11)12-7-10(2)8-14-15-12/h7-8,11,13H,3-6,9H2,1-2H3. The molecule has 1 unspecified atom stereocenters. The zero-order chi connectivity index (χ0) is 11.4. The number of aryl methyl sites for hydroxylation is 1. The number of anilines is 1. The van der Waals surface area contributed by atoms with Crippen LogP contribution in [0.1, 0.15) is 25.3 Å². The summed E-state index contributed by atoms with van der Waals surface area (Å²) in [4.78, 5) is 2.35. The van der Waals surface area contributed by atoms with Crippen molar-refractivity contribution in [3.05, 3.63) is 17.8 Å². The molecule has 1 fully saturated rings. The maximum Gasteiger partial charge on any atom is 0.151 e. The maximum atomic E-state index is 4.23. The minimum Gasteiger partial charge on any atom is -0.351 e. The van der Waals surface area contributed by atoms with Crippen molar-refractivity contribution in [2.45, 2.75) is 32.7 Å². The summed E-state index contributed by atoms with van der Waals surface area (Å²) in [5, 5.41) is 11.7. The first kappa shape index (κ1) is 11.3. The minimum atomic E-state index is 0.565. The zero-order valence-electron chi connectivity index (χ0n) is 10.1. The molecule has 2 rings (SSSR count). The number of nitrogens with one attached hydrogen (secondary N) is 1. The van der Waals surface area contributed by atoms with Crippen LogP contribution >= 0.6 is 0 Å².